The molecule has 97 heavy (non-hydrogen) atoms. The van der Waals surface area contributed by atoms with Crippen molar-refractivity contribution in [2.75, 3.05) is 39.3 Å². The highest BCUT2D eigenvalue weighted by Gasteiger charge is 2.63. The van der Waals surface area contributed by atoms with E-state index in [-0.39, 0.29) is 106 Å². The molecule has 8 aliphatic heterocycles. The van der Waals surface area contributed by atoms with Crippen LogP contribution < -0.4 is 30.3 Å². The molecule has 524 valence electrons. The molecule has 16 atom stereocenters. The van der Waals surface area contributed by atoms with E-state index in [1.807, 2.05) is 6.92 Å². The maximum Gasteiger partial charge on any atom is 0.646 e. The Morgan fingerprint density at radius 1 is 0.598 bits per heavy atom. The molecule has 6 fully saturated rings. The van der Waals surface area contributed by atoms with E-state index in [0.717, 1.165) is 93.3 Å². The lowest BCUT2D eigenvalue weighted by Gasteiger charge is -2.46. The number of hydrogen-bond acceptors (Lipinski definition) is 26. The second kappa shape index (κ2) is 32.8. The van der Waals surface area contributed by atoms with Gasteiger partial charge in [0.2, 0.25) is 11.8 Å². The number of thioether (sulfide) groups is 1. The van der Waals surface area contributed by atoms with E-state index in [1.165, 1.54) is 60.0 Å². The van der Waals surface area contributed by atoms with Gasteiger partial charge in [0.25, 0.3) is 11.4 Å². The summed E-state index contributed by atoms with van der Waals surface area (Å²) < 4.78 is 41.5. The van der Waals surface area contributed by atoms with Crippen LogP contribution in [-0.4, -0.2) is 174 Å². The molecule has 6 saturated heterocycles. The van der Waals surface area contributed by atoms with Crippen molar-refractivity contribution in [3.8, 4) is 11.5 Å². The van der Waals surface area contributed by atoms with Crippen molar-refractivity contribution in [1.82, 2.24) is 31.1 Å². The van der Waals surface area contributed by atoms with E-state index in [0.29, 0.717) is 29.0 Å². The fraction of sp³-hybridized carbons (Fsp3) is 0.469. The van der Waals surface area contributed by atoms with Crippen molar-refractivity contribution >= 4 is 104 Å². The van der Waals surface area contributed by atoms with Gasteiger partial charge in [-0.05, 0) is 101 Å². The summed E-state index contributed by atoms with van der Waals surface area (Å²) in [5, 5.41) is 76.9. The number of esters is 4. The van der Waals surface area contributed by atoms with Gasteiger partial charge >= 0.3 is 31.7 Å². The highest BCUT2D eigenvalue weighted by molar-refractivity contribution is 8.03. The number of phosphoric ester groups is 1. The van der Waals surface area contributed by atoms with Crippen molar-refractivity contribution in [1.29, 1.82) is 0 Å². The number of hydrogen-bond donors (Lipinski definition) is 9. The third-order valence-electron chi connectivity index (χ3n) is 18.3. The number of fused-ring (bicyclic) bond motifs is 2. The van der Waals surface area contributed by atoms with E-state index in [2.05, 4.69) is 33.9 Å². The average molecular weight is 1440 g/mol. The Kier molecular flexibility index (Phi) is 25.6. The number of β-lactam (4-membered cyclic amide) rings is 2. The minimum atomic E-state index is -4.64. The Morgan fingerprint density at radius 2 is 1.02 bits per heavy atom. The summed E-state index contributed by atoms with van der Waals surface area (Å²) in [6.45, 7) is 11.7. The van der Waals surface area contributed by atoms with Crippen molar-refractivity contribution in [3.05, 3.63) is 163 Å². The molecule has 33 heteroatoms. The molecule has 4 aromatic carbocycles. The lowest BCUT2D eigenvalue weighted by Crippen LogP contribution is -2.63. The number of rotatable bonds is 20. The van der Waals surface area contributed by atoms with Crippen LogP contribution in [0.5, 0.6) is 11.5 Å². The standard InChI is InChI=1S/C29H25N2O11P.C26H32N4O8S.C9H18N2OS.2ClH/c1-17-24-23(18(2)32)27(33)30(24)25(29(35)39-28(34)19-13-15-20(16-14-19)31(36)37)26(17)42-43(38,40-21-9-5-3-6-10-21)41-22-11-7-4-8-12-22;1-12-20-19(13(2)31)24(33)29(20)21(26(35)38-25(34)14-3-5-16(6-4-14)30(36)37)23(12)39-17-9-18(28-11-17)22(32)15-7-8-27-10-15;12-9(6-1-2-10-4-6)8-3-7(13)5-11-8;;/h3-18,23-24,32H,1-2H3;3-6,12-13,15,17-20,22,27-28,31-32H,7-11H2,1-2H3;6-13H,1-5H2;2*1H/t17-,18-,23-,24-;12-,13-,15-,17+,18+,19-,20-,22-;6-,7+,8+,9-;;/m111../s1. The molecule has 0 bridgehead atoms. The molecule has 0 aromatic heterocycles. The molecule has 0 spiro atoms. The molecule has 2 amide bonds. The zero-order valence-corrected chi connectivity index (χ0v) is 57.2. The molecule has 8 heterocycles. The average Bonchev–Trinajstić information content (AvgIpc) is 1.56. The smallest absolute Gasteiger partial charge is 0.393 e. The molecule has 0 unspecified atom stereocenters. The predicted molar refractivity (Wildman–Crippen MR) is 359 cm³/mol. The summed E-state index contributed by atoms with van der Waals surface area (Å²) in [4.78, 5) is 102. The minimum absolute atomic E-state index is 0. The summed E-state index contributed by atoms with van der Waals surface area (Å²) in [5.74, 6) is -7.61. The van der Waals surface area contributed by atoms with Crippen molar-refractivity contribution in [2.24, 2.45) is 35.5 Å². The number of thiol groups is 1. The van der Waals surface area contributed by atoms with Crippen LogP contribution >= 0.6 is 57.0 Å². The van der Waals surface area contributed by atoms with E-state index < -0.39 is 107 Å². The third kappa shape index (κ3) is 16.8. The van der Waals surface area contributed by atoms with Crippen molar-refractivity contribution < 1.29 is 86.6 Å². The van der Waals surface area contributed by atoms with Gasteiger partial charge in [-0.3, -0.25) is 34.7 Å². The Bertz CT molecular complexity index is 3600. The van der Waals surface area contributed by atoms with Crippen LogP contribution in [0.15, 0.2) is 131 Å². The van der Waals surface area contributed by atoms with E-state index >= 15 is 0 Å². The van der Waals surface area contributed by atoms with Gasteiger partial charge in [-0.15, -0.1) is 36.6 Å². The molecular weight excluding hydrogens is 1370 g/mol. The third-order valence-corrected chi connectivity index (χ3v) is 21.5. The number of aliphatic hydroxyl groups excluding tert-OH is 4. The van der Waals surface area contributed by atoms with Gasteiger partial charge in [-0.25, -0.2) is 19.2 Å². The minimum Gasteiger partial charge on any atom is -0.393 e. The number of ether oxygens (including phenoxy) is 2. The quantitative estimate of drug-likeness (QED) is 0.00949. The summed E-state index contributed by atoms with van der Waals surface area (Å²) >= 11 is 5.84. The number of halogens is 2. The molecule has 0 radical (unpaired) electrons. The topological polar surface area (TPSA) is 387 Å². The van der Waals surface area contributed by atoms with Gasteiger partial charge in [0, 0.05) is 102 Å². The van der Waals surface area contributed by atoms with Gasteiger partial charge in [0.15, 0.2) is 5.70 Å². The molecule has 4 aromatic rings. The first-order valence-electron chi connectivity index (χ1n) is 31.2. The maximum absolute atomic E-state index is 14.2. The molecular formula is C64H77Cl2N8O20PS2. The Labute approximate surface area is 580 Å². The number of nitrogens with zero attached hydrogens (tertiary/aromatic N) is 4. The molecule has 0 aliphatic carbocycles. The monoisotopic (exact) mass is 1440 g/mol. The predicted octanol–water partition coefficient (Wildman–Crippen LogP) is 5.87. The van der Waals surface area contributed by atoms with Crippen LogP contribution in [0.4, 0.5) is 11.4 Å². The number of carbonyl (C=O) groups is 6. The first-order chi connectivity index (χ1) is 45.3. The molecule has 8 N–H and O–H groups in total. The summed E-state index contributed by atoms with van der Waals surface area (Å²) in [6, 6.07) is 23.9. The number of nitrogens with one attached hydrogen (secondary N) is 4. The van der Waals surface area contributed by atoms with Crippen LogP contribution in [-0.2, 0) is 37.7 Å². The van der Waals surface area contributed by atoms with Gasteiger partial charge in [0.05, 0.1) is 69.3 Å². The summed E-state index contributed by atoms with van der Waals surface area (Å²) in [7, 11) is -4.64. The number of benzene rings is 4. The number of carbonyl (C=O) groups excluding carboxylic acids is 6. The normalized spacial score (nSPS) is 27.3. The van der Waals surface area contributed by atoms with Gasteiger partial charge < -0.3 is 69.6 Å². The van der Waals surface area contributed by atoms with Gasteiger partial charge in [0.1, 0.15) is 23.0 Å². The van der Waals surface area contributed by atoms with Crippen LogP contribution in [0, 0.1) is 55.7 Å². The largest absolute Gasteiger partial charge is 0.646 e. The molecule has 28 nitrogen and oxygen atoms in total. The number of amides is 2. The molecule has 12 rings (SSSR count). The van der Waals surface area contributed by atoms with Crippen molar-refractivity contribution in [2.45, 2.75) is 112 Å². The maximum atomic E-state index is 14.2. The van der Waals surface area contributed by atoms with Crippen LogP contribution in [0.3, 0.4) is 0 Å². The second-order valence-electron chi connectivity index (χ2n) is 24.6. The fourth-order valence-electron chi connectivity index (χ4n) is 13.4. The first kappa shape index (κ1) is 75.7. The highest BCUT2D eigenvalue weighted by Crippen LogP contribution is 2.58. The number of aliphatic hydroxyl groups is 4. The fourth-order valence-corrected chi connectivity index (χ4v) is 16.6. The van der Waals surface area contributed by atoms with Gasteiger partial charge in [-0.1, -0.05) is 50.2 Å². The molecule has 8 aliphatic rings. The first-order valence-corrected chi connectivity index (χ1v) is 34.1. The number of non-ortho nitro benzene ring substituents is 2. The lowest BCUT2D eigenvalue weighted by molar-refractivity contribution is -0.385. The summed E-state index contributed by atoms with van der Waals surface area (Å²) in [5.41, 5.74) is -1.22. The number of nitro benzene ring substituents is 2. The van der Waals surface area contributed by atoms with E-state index in [9.17, 15) is 74.0 Å². The lowest BCUT2D eigenvalue weighted by atomic mass is 9.79. The Balaban J connectivity index is 0.000000206. The highest BCUT2D eigenvalue weighted by atomic mass is 35.5. The van der Waals surface area contributed by atoms with Crippen LogP contribution in [0.2, 0.25) is 0 Å². The second-order valence-corrected chi connectivity index (χ2v) is 28.1. The number of nitro groups is 2. The van der Waals surface area contributed by atoms with Crippen LogP contribution in [0.1, 0.15) is 74.1 Å². The van der Waals surface area contributed by atoms with Gasteiger partial charge in [-0.2, -0.15) is 17.2 Å². The zero-order valence-electron chi connectivity index (χ0n) is 52.9. The number of phosphoric acid groups is 1. The van der Waals surface area contributed by atoms with E-state index in [1.54, 1.807) is 50.2 Å². The Hall–Kier alpha value is -7.03. The SMILES string of the molecule is C[C@@H](O)[C@H]1C(=O)N2C(C(=O)OC(=O)c3ccc([N+](=O)[O-])cc3)=C(OP(=O)(Oc3ccccc3)Oc3ccccc3)[C@H](C)[C@H]12.C[C@@H](O)[C@H]1C(=O)N2C(C(=O)OC(=O)c3ccc([N+](=O)[O-])cc3)=C(S[C@@H]3CN[C@H]([C@H](O)[C@@H]4CCNC4)C3)[C@H](C)[C@H]12.Cl.Cl.O[C@H]([C@@H]1CCNC1)[C@@H]1C[C@H](S)CN1. The Morgan fingerprint density at radius 3 is 1.43 bits per heavy atom. The van der Waals surface area contributed by atoms with Crippen LogP contribution in [0.25, 0.3) is 0 Å². The van der Waals surface area contributed by atoms with E-state index in [4.69, 9.17) is 23.0 Å². The van der Waals surface area contributed by atoms with Crippen molar-refractivity contribution in [3.63, 3.8) is 0 Å². The number of para-hydroxylation sites is 2. The molecule has 0 saturated carbocycles. The zero-order chi connectivity index (χ0) is 68.2. The summed E-state index contributed by atoms with van der Waals surface area (Å²) in [6.07, 6.45) is 1.01.